The first kappa shape index (κ1) is 18.1. The molecular formula is C20H23N3O3. The van der Waals surface area contributed by atoms with Crippen molar-refractivity contribution < 1.29 is 14.7 Å². The number of ether oxygens (including phenoxy) is 1. The van der Waals surface area contributed by atoms with Crippen LogP contribution in [0.1, 0.15) is 28.8 Å². The molecule has 0 amide bonds. The molecule has 0 bridgehead atoms. The third-order valence-electron chi connectivity index (χ3n) is 4.62. The first-order chi connectivity index (χ1) is 12.8. The van der Waals surface area contributed by atoms with Gasteiger partial charge in [-0.15, -0.1) is 0 Å². The van der Waals surface area contributed by atoms with Gasteiger partial charge in [-0.2, -0.15) is 0 Å². The number of hydrogen-bond donors (Lipinski definition) is 1. The number of rotatable bonds is 7. The van der Waals surface area contributed by atoms with Gasteiger partial charge < -0.3 is 9.94 Å². The molecule has 1 fully saturated rings. The molecule has 136 valence electrons. The molecule has 3 rings (SSSR count). The molecule has 0 aliphatic carbocycles. The van der Waals surface area contributed by atoms with Crippen LogP contribution in [0.15, 0.2) is 53.8 Å². The second-order valence-corrected chi connectivity index (χ2v) is 6.48. The van der Waals surface area contributed by atoms with Gasteiger partial charge in [0.25, 0.3) is 0 Å². The van der Waals surface area contributed by atoms with Crippen molar-refractivity contribution in [1.29, 1.82) is 0 Å². The van der Waals surface area contributed by atoms with Gasteiger partial charge in [-0.05, 0) is 49.5 Å². The molecule has 26 heavy (non-hydrogen) atoms. The van der Waals surface area contributed by atoms with Crippen LogP contribution in [0.25, 0.3) is 0 Å². The molecular weight excluding hydrogens is 330 g/mol. The van der Waals surface area contributed by atoms with E-state index in [1.807, 2.05) is 6.07 Å². The monoisotopic (exact) mass is 353 g/mol. The highest BCUT2D eigenvalue weighted by atomic mass is 16.5. The van der Waals surface area contributed by atoms with Crippen LogP contribution in [0, 0.1) is 5.92 Å². The van der Waals surface area contributed by atoms with E-state index >= 15 is 0 Å². The lowest BCUT2D eigenvalue weighted by molar-refractivity contribution is 0.105. The van der Waals surface area contributed by atoms with Gasteiger partial charge in [-0.3, -0.25) is 9.69 Å². The number of carbonyl (C=O) groups is 1. The molecule has 2 heterocycles. The Morgan fingerprint density at radius 1 is 1.23 bits per heavy atom. The van der Waals surface area contributed by atoms with Crippen LogP contribution in [-0.4, -0.2) is 46.8 Å². The number of carbonyl (C=O) groups excluding carboxylic acids is 1. The molecule has 0 radical (unpaired) electrons. The molecule has 6 nitrogen and oxygen atoms in total. The number of pyridine rings is 1. The summed E-state index contributed by atoms with van der Waals surface area (Å²) in [6.45, 7) is 3.59. The Labute approximate surface area is 153 Å². The third-order valence-corrected chi connectivity index (χ3v) is 4.62. The number of nitrogens with zero attached hydrogens (tertiary/aromatic N) is 3. The summed E-state index contributed by atoms with van der Waals surface area (Å²) in [5, 5.41) is 11.3. The van der Waals surface area contributed by atoms with Crippen molar-refractivity contribution in [2.75, 3.05) is 19.7 Å². The fourth-order valence-corrected chi connectivity index (χ4v) is 3.16. The van der Waals surface area contributed by atoms with Gasteiger partial charge in [0.05, 0.1) is 12.2 Å². The molecule has 1 N–H and O–H groups in total. The van der Waals surface area contributed by atoms with E-state index in [0.29, 0.717) is 24.0 Å². The first-order valence-electron chi connectivity index (χ1n) is 8.82. The molecule has 0 atom stereocenters. The fourth-order valence-electron chi connectivity index (χ4n) is 3.16. The van der Waals surface area contributed by atoms with Crippen LogP contribution >= 0.6 is 0 Å². The highest BCUT2D eigenvalue weighted by Gasteiger charge is 2.21. The average Bonchev–Trinajstić information content (AvgIpc) is 2.69. The lowest BCUT2D eigenvalue weighted by Crippen LogP contribution is -2.35. The maximum absolute atomic E-state index is 11.9. The van der Waals surface area contributed by atoms with Crippen LogP contribution in [0.2, 0.25) is 0 Å². The highest BCUT2D eigenvalue weighted by Crippen LogP contribution is 2.21. The molecule has 1 aromatic carbocycles. The van der Waals surface area contributed by atoms with Gasteiger partial charge in [-0.1, -0.05) is 35.5 Å². The van der Waals surface area contributed by atoms with E-state index in [-0.39, 0.29) is 0 Å². The van der Waals surface area contributed by atoms with Crippen molar-refractivity contribution >= 4 is 12.0 Å². The summed E-state index contributed by atoms with van der Waals surface area (Å²) in [7, 11) is 0. The molecule has 1 aliphatic heterocycles. The SMILES string of the molecule is O=C(/C=N/O)c1cccnc1OCC1CCN(Cc2ccccc2)CC1. The zero-order valence-corrected chi connectivity index (χ0v) is 14.6. The maximum Gasteiger partial charge on any atom is 0.224 e. The quantitative estimate of drug-likeness (QED) is 0.358. The van der Waals surface area contributed by atoms with Crippen molar-refractivity contribution in [1.82, 2.24) is 9.88 Å². The summed E-state index contributed by atoms with van der Waals surface area (Å²) in [6.07, 6.45) is 4.55. The minimum absolute atomic E-state index is 0.295. The summed E-state index contributed by atoms with van der Waals surface area (Å²) in [6, 6.07) is 13.8. The fraction of sp³-hybridized carbons (Fsp3) is 0.350. The Hall–Kier alpha value is -2.73. The molecule has 1 aliphatic rings. The summed E-state index contributed by atoms with van der Waals surface area (Å²) in [5.74, 6) is 0.316. The van der Waals surface area contributed by atoms with Crippen molar-refractivity contribution in [2.24, 2.45) is 11.1 Å². The molecule has 0 spiro atoms. The Morgan fingerprint density at radius 2 is 2.00 bits per heavy atom. The van der Waals surface area contributed by atoms with Gasteiger partial charge in [0.15, 0.2) is 0 Å². The summed E-state index contributed by atoms with van der Waals surface area (Å²) < 4.78 is 5.80. The van der Waals surface area contributed by atoms with Gasteiger partial charge in [0.1, 0.15) is 6.21 Å². The van der Waals surface area contributed by atoms with Crippen LogP contribution in [0.3, 0.4) is 0 Å². The predicted octanol–water partition coefficient (Wildman–Crippen LogP) is 3.02. The minimum Gasteiger partial charge on any atom is -0.477 e. The van der Waals surface area contributed by atoms with Crippen molar-refractivity contribution in [3.8, 4) is 5.88 Å². The number of Topliss-reactive ketones (excluding diaryl/α,β-unsaturated/α-hetero) is 1. The number of benzene rings is 1. The number of oxime groups is 1. The van der Waals surface area contributed by atoms with E-state index < -0.39 is 5.78 Å². The topological polar surface area (TPSA) is 75.0 Å². The predicted molar refractivity (Wildman–Crippen MR) is 98.8 cm³/mol. The van der Waals surface area contributed by atoms with Crippen molar-refractivity contribution in [3.63, 3.8) is 0 Å². The van der Waals surface area contributed by atoms with Crippen LogP contribution in [0.4, 0.5) is 0 Å². The summed E-state index contributed by atoms with van der Waals surface area (Å²) in [5.41, 5.74) is 1.65. The van der Waals surface area contributed by atoms with E-state index in [1.54, 1.807) is 18.3 Å². The zero-order valence-electron chi connectivity index (χ0n) is 14.6. The normalized spacial score (nSPS) is 16.0. The molecule has 0 unspecified atom stereocenters. The van der Waals surface area contributed by atoms with E-state index in [9.17, 15) is 4.79 Å². The van der Waals surface area contributed by atoms with Crippen LogP contribution < -0.4 is 4.74 Å². The number of hydrogen-bond acceptors (Lipinski definition) is 6. The van der Waals surface area contributed by atoms with E-state index in [0.717, 1.165) is 38.7 Å². The Kier molecular flexibility index (Phi) is 6.33. The number of ketones is 1. The molecule has 2 aromatic rings. The lowest BCUT2D eigenvalue weighted by atomic mass is 9.97. The summed E-state index contributed by atoms with van der Waals surface area (Å²) >= 11 is 0. The van der Waals surface area contributed by atoms with E-state index in [1.165, 1.54) is 5.56 Å². The van der Waals surface area contributed by atoms with Crippen LogP contribution in [0.5, 0.6) is 5.88 Å². The molecule has 0 saturated carbocycles. The molecule has 6 heteroatoms. The lowest BCUT2D eigenvalue weighted by Gasteiger charge is -2.31. The Balaban J connectivity index is 1.49. The van der Waals surface area contributed by atoms with Crippen molar-refractivity contribution in [3.05, 3.63) is 59.8 Å². The standard InChI is InChI=1S/C20H23N3O3/c24-19(13-22-25)18-7-4-10-21-20(18)26-15-17-8-11-23(12-9-17)14-16-5-2-1-3-6-16/h1-7,10,13,17,25H,8-9,11-12,14-15H2/b22-13+. The number of piperidine rings is 1. The average molecular weight is 353 g/mol. The highest BCUT2D eigenvalue weighted by molar-refractivity contribution is 6.35. The zero-order chi connectivity index (χ0) is 18.2. The second-order valence-electron chi connectivity index (χ2n) is 6.48. The summed E-state index contributed by atoms with van der Waals surface area (Å²) in [4.78, 5) is 18.5. The van der Waals surface area contributed by atoms with E-state index in [4.69, 9.17) is 9.94 Å². The molecule has 1 aromatic heterocycles. The van der Waals surface area contributed by atoms with Crippen molar-refractivity contribution in [2.45, 2.75) is 19.4 Å². The number of likely N-dealkylation sites (tertiary alicyclic amines) is 1. The van der Waals surface area contributed by atoms with Gasteiger partial charge in [0.2, 0.25) is 11.7 Å². The Bertz CT molecular complexity index is 741. The van der Waals surface area contributed by atoms with Gasteiger partial charge >= 0.3 is 0 Å². The third kappa shape index (κ3) is 4.89. The molecule has 1 saturated heterocycles. The maximum atomic E-state index is 11.9. The minimum atomic E-state index is -0.423. The Morgan fingerprint density at radius 3 is 2.73 bits per heavy atom. The smallest absolute Gasteiger partial charge is 0.224 e. The second kappa shape index (κ2) is 9.10. The van der Waals surface area contributed by atoms with Crippen LogP contribution in [-0.2, 0) is 6.54 Å². The van der Waals surface area contributed by atoms with E-state index in [2.05, 4.69) is 39.3 Å². The van der Waals surface area contributed by atoms with Gasteiger partial charge in [-0.25, -0.2) is 4.98 Å². The largest absolute Gasteiger partial charge is 0.477 e. The first-order valence-corrected chi connectivity index (χ1v) is 8.82. The van der Waals surface area contributed by atoms with Gasteiger partial charge in [0, 0.05) is 12.7 Å². The number of aromatic nitrogens is 1.